The number of hydrogen-bond acceptors (Lipinski definition) is 11. The average molecular weight is 868 g/mol. The highest BCUT2D eigenvalue weighted by Crippen LogP contribution is 2.34. The molecule has 0 unspecified atom stereocenters. The molecular formula is C48H54FN11O4. The van der Waals surface area contributed by atoms with Crippen molar-refractivity contribution in [3.05, 3.63) is 102 Å². The van der Waals surface area contributed by atoms with Crippen molar-refractivity contribution >= 4 is 45.9 Å². The normalized spacial score (nSPS) is 17.2. The Hall–Kier alpha value is -6.68. The number of halogens is 1. The molecule has 0 spiro atoms. The van der Waals surface area contributed by atoms with E-state index in [1.807, 2.05) is 59.0 Å². The number of piperidine rings is 1. The minimum atomic E-state index is -0.582. The van der Waals surface area contributed by atoms with Crippen LogP contribution >= 0.6 is 0 Å². The summed E-state index contributed by atoms with van der Waals surface area (Å²) in [5.41, 5.74) is 8.41. The molecule has 3 aliphatic rings. The number of aromatic amines is 1. The lowest BCUT2D eigenvalue weighted by Gasteiger charge is -2.40. The average Bonchev–Trinajstić information content (AvgIpc) is 3.96. The molecular weight excluding hydrogens is 814 g/mol. The summed E-state index contributed by atoms with van der Waals surface area (Å²) in [5.74, 6) is -0.170. The maximum Gasteiger partial charge on any atom is 0.328 e. The van der Waals surface area contributed by atoms with Crippen molar-refractivity contribution in [2.24, 2.45) is 5.92 Å². The molecule has 64 heavy (non-hydrogen) atoms. The number of aromatic nitrogens is 5. The molecule has 3 N–H and O–H groups in total. The van der Waals surface area contributed by atoms with Crippen molar-refractivity contribution in [3.8, 4) is 22.4 Å². The highest BCUT2D eigenvalue weighted by molar-refractivity contribution is 6.05. The number of nitrogens with one attached hydrogen (secondary N) is 3. The summed E-state index contributed by atoms with van der Waals surface area (Å²) in [7, 11) is 0. The van der Waals surface area contributed by atoms with Crippen LogP contribution < -0.4 is 25.3 Å². The summed E-state index contributed by atoms with van der Waals surface area (Å²) in [6.07, 6.45) is 4.12. The first-order chi connectivity index (χ1) is 30.8. The molecule has 0 aliphatic carbocycles. The second kappa shape index (κ2) is 17.5. The van der Waals surface area contributed by atoms with Gasteiger partial charge in [0.15, 0.2) is 5.65 Å². The molecule has 0 saturated carbocycles. The third-order valence-electron chi connectivity index (χ3n) is 12.8. The number of urea groups is 1. The Morgan fingerprint density at radius 3 is 2.30 bits per heavy atom. The highest BCUT2D eigenvalue weighted by Gasteiger charge is 2.29. The number of hydrogen-bond donors (Lipinski definition) is 3. The fourth-order valence-corrected chi connectivity index (χ4v) is 9.05. The van der Waals surface area contributed by atoms with E-state index in [1.165, 1.54) is 16.7 Å². The Morgan fingerprint density at radius 2 is 1.61 bits per heavy atom. The third-order valence-corrected chi connectivity index (χ3v) is 12.8. The molecule has 9 rings (SSSR count). The third kappa shape index (κ3) is 8.91. The summed E-state index contributed by atoms with van der Waals surface area (Å²) in [4.78, 5) is 54.3. The van der Waals surface area contributed by atoms with Gasteiger partial charge in [-0.3, -0.25) is 29.8 Å². The van der Waals surface area contributed by atoms with E-state index in [0.717, 1.165) is 103 Å². The molecule has 3 saturated heterocycles. The number of H-pyrrole nitrogens is 1. The van der Waals surface area contributed by atoms with E-state index in [1.54, 1.807) is 6.07 Å². The SMILES string of the molecule is Cc1cc(-c2n[nH]c3ncc(-c4ccc(N5CCN(CC6CCN(c7ccc(N8CCC(=O)NC8=O)c(F)c7)CC6)CC5)cc4)cc23)ccc1[C@@H](C)NC(=O)c1noc(C(C)(C)C)n1. The first-order valence-electron chi connectivity index (χ1n) is 22.1. The first-order valence-corrected chi connectivity index (χ1v) is 22.1. The Labute approximate surface area is 371 Å². The molecule has 3 aliphatic heterocycles. The van der Waals surface area contributed by atoms with Crippen LogP contribution in [0.5, 0.6) is 0 Å². The summed E-state index contributed by atoms with van der Waals surface area (Å²) >= 11 is 0. The monoisotopic (exact) mass is 867 g/mol. The molecule has 6 heterocycles. The van der Waals surface area contributed by atoms with Crippen LogP contribution in [-0.2, 0) is 10.2 Å². The van der Waals surface area contributed by atoms with Crippen molar-refractivity contribution in [1.82, 2.24) is 40.9 Å². The van der Waals surface area contributed by atoms with Crippen LogP contribution in [0, 0.1) is 18.7 Å². The molecule has 16 heteroatoms. The van der Waals surface area contributed by atoms with Crippen LogP contribution in [-0.4, -0.2) is 100 Å². The van der Waals surface area contributed by atoms with E-state index in [0.29, 0.717) is 17.5 Å². The molecule has 332 valence electrons. The van der Waals surface area contributed by atoms with Crippen LogP contribution in [0.2, 0.25) is 0 Å². The van der Waals surface area contributed by atoms with Crippen molar-refractivity contribution in [2.75, 3.05) is 67.1 Å². The van der Waals surface area contributed by atoms with Crippen molar-refractivity contribution < 1.29 is 23.3 Å². The predicted octanol–water partition coefficient (Wildman–Crippen LogP) is 7.40. The maximum atomic E-state index is 15.2. The summed E-state index contributed by atoms with van der Waals surface area (Å²) < 4.78 is 20.5. The zero-order valence-corrected chi connectivity index (χ0v) is 36.9. The van der Waals surface area contributed by atoms with Gasteiger partial charge in [0.25, 0.3) is 11.7 Å². The minimum absolute atomic E-state index is 0.0166. The number of carbonyl (C=O) groups excluding carboxylic acids is 3. The van der Waals surface area contributed by atoms with E-state index in [4.69, 9.17) is 9.51 Å². The standard InChI is InChI=1S/C48H54FN11O4/c1-29-24-33(8-12-37(29)30(2)51-45(62)44-53-46(64-56-44)48(3,4)5)42-38-25-34(27-50-43(38)55-54-42)32-6-9-35(10-7-32)59-22-20-57(21-23-59)28-31-14-17-58(18-15-31)36-11-13-40(39(49)26-36)60-19-16-41(61)52-47(60)63/h6-13,24-27,30-31H,14-23,28H2,1-5H3,(H,51,62)(H,50,54,55)(H,52,61,63)/t30-/m1/s1. The zero-order valence-electron chi connectivity index (χ0n) is 36.9. The van der Waals surface area contributed by atoms with Gasteiger partial charge in [0.2, 0.25) is 11.8 Å². The smallest absolute Gasteiger partial charge is 0.328 e. The Morgan fingerprint density at radius 1 is 0.891 bits per heavy atom. The van der Waals surface area contributed by atoms with Gasteiger partial charge in [0.1, 0.15) is 11.5 Å². The molecule has 0 bridgehead atoms. The molecule has 4 amide bonds. The zero-order chi connectivity index (χ0) is 44.7. The van der Waals surface area contributed by atoms with Crippen molar-refractivity contribution in [1.29, 1.82) is 0 Å². The number of fused-ring (bicyclic) bond motifs is 1. The number of benzene rings is 3. The fourth-order valence-electron chi connectivity index (χ4n) is 9.05. The number of aryl methyl sites for hydroxylation is 1. The van der Waals surface area contributed by atoms with Crippen LogP contribution in [0.4, 0.5) is 26.2 Å². The van der Waals surface area contributed by atoms with Crippen LogP contribution in [0.3, 0.4) is 0 Å². The topological polar surface area (TPSA) is 169 Å². The summed E-state index contributed by atoms with van der Waals surface area (Å²) in [6, 6.07) is 21.1. The number of rotatable bonds is 10. The van der Waals surface area contributed by atoms with Gasteiger partial charge in [-0.25, -0.2) is 14.2 Å². The number of imide groups is 1. The second-order valence-corrected chi connectivity index (χ2v) is 18.3. The molecule has 0 radical (unpaired) electrons. The van der Waals surface area contributed by atoms with Gasteiger partial charge in [-0.05, 0) is 91.8 Å². The van der Waals surface area contributed by atoms with Crippen LogP contribution in [0.15, 0.2) is 77.4 Å². The van der Waals surface area contributed by atoms with E-state index >= 15 is 4.39 Å². The molecule has 15 nitrogen and oxygen atoms in total. The number of anilines is 3. The molecule has 6 aromatic rings. The van der Waals surface area contributed by atoms with Crippen LogP contribution in [0.25, 0.3) is 33.4 Å². The fraction of sp³-hybridized carbons (Fsp3) is 0.396. The first kappa shape index (κ1) is 42.6. The predicted molar refractivity (Wildman–Crippen MR) is 244 cm³/mol. The van der Waals surface area contributed by atoms with E-state index < -0.39 is 11.8 Å². The molecule has 1 atom stereocenters. The second-order valence-electron chi connectivity index (χ2n) is 18.3. The van der Waals surface area contributed by atoms with E-state index in [-0.39, 0.29) is 47.7 Å². The van der Waals surface area contributed by atoms with Gasteiger partial charge in [-0.1, -0.05) is 50.2 Å². The number of nitrogens with zero attached hydrogens (tertiary/aromatic N) is 8. The molecule has 3 aromatic heterocycles. The van der Waals surface area contributed by atoms with Gasteiger partial charge in [-0.2, -0.15) is 10.1 Å². The quantitative estimate of drug-likeness (QED) is 0.126. The number of amides is 4. The number of piperazine rings is 1. The maximum absolute atomic E-state index is 15.2. The van der Waals surface area contributed by atoms with Gasteiger partial charge in [0.05, 0.1) is 11.7 Å². The van der Waals surface area contributed by atoms with Gasteiger partial charge in [-0.15, -0.1) is 0 Å². The Kier molecular flexibility index (Phi) is 11.6. The van der Waals surface area contributed by atoms with Gasteiger partial charge in [0, 0.05) is 98.3 Å². The summed E-state index contributed by atoms with van der Waals surface area (Å²) in [6.45, 7) is 16.7. The summed E-state index contributed by atoms with van der Waals surface area (Å²) in [5, 5.41) is 17.8. The van der Waals surface area contributed by atoms with Crippen molar-refractivity contribution in [3.63, 3.8) is 0 Å². The van der Waals surface area contributed by atoms with E-state index in [9.17, 15) is 14.4 Å². The molecule has 3 aromatic carbocycles. The highest BCUT2D eigenvalue weighted by atomic mass is 19.1. The lowest BCUT2D eigenvalue weighted by Crippen LogP contribution is -2.50. The van der Waals surface area contributed by atoms with Crippen LogP contribution in [0.1, 0.15) is 80.6 Å². The molecule has 3 fully saturated rings. The Balaban J connectivity index is 0.770. The van der Waals surface area contributed by atoms with Gasteiger partial charge < -0.3 is 19.6 Å². The minimum Gasteiger partial charge on any atom is -0.371 e. The lowest BCUT2D eigenvalue weighted by atomic mass is 9.95. The van der Waals surface area contributed by atoms with Gasteiger partial charge >= 0.3 is 6.03 Å². The Bertz CT molecular complexity index is 2690. The largest absolute Gasteiger partial charge is 0.371 e. The van der Waals surface area contributed by atoms with E-state index in [2.05, 4.69) is 82.1 Å². The number of carbonyl (C=O) groups is 3. The lowest BCUT2D eigenvalue weighted by molar-refractivity contribution is -0.120. The van der Waals surface area contributed by atoms with Crippen molar-refractivity contribution in [2.45, 2.75) is 65.3 Å². The number of pyridine rings is 1.